The summed E-state index contributed by atoms with van der Waals surface area (Å²) >= 11 is 0. The fraction of sp³-hybridized carbons (Fsp3) is 0.286. The van der Waals surface area contributed by atoms with Crippen LogP contribution < -0.4 is 4.90 Å². The number of aliphatic hydroxyl groups is 1. The summed E-state index contributed by atoms with van der Waals surface area (Å²) in [5.74, 6) is 3.07. The molecule has 1 fully saturated rings. The lowest BCUT2D eigenvalue weighted by Crippen LogP contribution is -2.30. The van der Waals surface area contributed by atoms with E-state index in [2.05, 4.69) is 11.8 Å². The monoisotopic (exact) mass is 261 g/mol. The molecule has 1 aromatic rings. The predicted octanol–water partition coefficient (Wildman–Crippen LogP) is 1.07. The van der Waals surface area contributed by atoms with Crippen molar-refractivity contribution in [1.29, 1.82) is 0 Å². The Morgan fingerprint density at radius 1 is 1.47 bits per heavy atom. The SMILES string of the molecule is CC1CC(=O)N(c2ccc(C#CCO)cc2F)C1=O. The molecule has 0 saturated carbocycles. The highest BCUT2D eigenvalue weighted by atomic mass is 19.1. The van der Waals surface area contributed by atoms with Crippen molar-refractivity contribution in [2.24, 2.45) is 5.92 Å². The minimum atomic E-state index is -0.680. The number of hydrogen-bond acceptors (Lipinski definition) is 3. The zero-order chi connectivity index (χ0) is 14.0. The first-order chi connectivity index (χ1) is 9.04. The van der Waals surface area contributed by atoms with Gasteiger partial charge in [-0.3, -0.25) is 9.59 Å². The number of carbonyl (C=O) groups excluding carboxylic acids is 2. The molecule has 1 aliphatic heterocycles. The molecule has 0 radical (unpaired) electrons. The number of anilines is 1. The molecule has 98 valence electrons. The highest BCUT2D eigenvalue weighted by molar-refractivity contribution is 6.20. The van der Waals surface area contributed by atoms with E-state index in [1.807, 2.05) is 0 Å². The first-order valence-corrected chi connectivity index (χ1v) is 5.80. The van der Waals surface area contributed by atoms with Crippen molar-refractivity contribution in [1.82, 2.24) is 0 Å². The number of benzene rings is 1. The van der Waals surface area contributed by atoms with E-state index < -0.39 is 23.5 Å². The Bertz CT molecular complexity index is 600. The molecule has 5 heteroatoms. The van der Waals surface area contributed by atoms with E-state index in [0.29, 0.717) is 5.56 Å². The number of nitrogens with zero attached hydrogens (tertiary/aromatic N) is 1. The molecule has 2 rings (SSSR count). The van der Waals surface area contributed by atoms with Crippen molar-refractivity contribution < 1.29 is 19.1 Å². The van der Waals surface area contributed by atoms with E-state index in [9.17, 15) is 14.0 Å². The average Bonchev–Trinajstić information content (AvgIpc) is 2.62. The summed E-state index contributed by atoms with van der Waals surface area (Å²) in [6.45, 7) is 1.32. The first-order valence-electron chi connectivity index (χ1n) is 5.80. The van der Waals surface area contributed by atoms with Gasteiger partial charge in [0.1, 0.15) is 12.4 Å². The summed E-state index contributed by atoms with van der Waals surface area (Å²) < 4.78 is 13.9. The minimum absolute atomic E-state index is 0.0473. The van der Waals surface area contributed by atoms with Crippen LogP contribution in [0.15, 0.2) is 18.2 Å². The zero-order valence-corrected chi connectivity index (χ0v) is 10.3. The van der Waals surface area contributed by atoms with Gasteiger partial charge in [0.25, 0.3) is 0 Å². The van der Waals surface area contributed by atoms with Crippen LogP contribution in [-0.2, 0) is 9.59 Å². The smallest absolute Gasteiger partial charge is 0.237 e. The molecular weight excluding hydrogens is 249 g/mol. The number of rotatable bonds is 1. The summed E-state index contributed by atoms with van der Waals surface area (Å²) in [7, 11) is 0. The molecule has 2 amide bonds. The molecular formula is C14H12FNO3. The molecule has 0 bridgehead atoms. The van der Waals surface area contributed by atoms with Gasteiger partial charge in [-0.2, -0.15) is 0 Å². The number of imide groups is 1. The van der Waals surface area contributed by atoms with Gasteiger partial charge in [0.2, 0.25) is 11.8 Å². The van der Waals surface area contributed by atoms with Gasteiger partial charge < -0.3 is 5.11 Å². The number of aliphatic hydroxyl groups excluding tert-OH is 1. The summed E-state index contributed by atoms with van der Waals surface area (Å²) in [4.78, 5) is 24.4. The summed E-state index contributed by atoms with van der Waals surface area (Å²) in [6, 6.07) is 4.00. The van der Waals surface area contributed by atoms with E-state index in [1.54, 1.807) is 6.92 Å². The summed E-state index contributed by atoms with van der Waals surface area (Å²) in [5, 5.41) is 8.56. The Morgan fingerprint density at radius 3 is 2.74 bits per heavy atom. The van der Waals surface area contributed by atoms with Gasteiger partial charge in [-0.05, 0) is 18.2 Å². The van der Waals surface area contributed by atoms with Gasteiger partial charge in [0.05, 0.1) is 5.69 Å². The van der Waals surface area contributed by atoms with Crippen molar-refractivity contribution in [2.75, 3.05) is 11.5 Å². The molecule has 1 N–H and O–H groups in total. The highest BCUT2D eigenvalue weighted by Crippen LogP contribution is 2.28. The molecule has 1 aromatic carbocycles. The molecule has 19 heavy (non-hydrogen) atoms. The highest BCUT2D eigenvalue weighted by Gasteiger charge is 2.37. The number of amides is 2. The third-order valence-electron chi connectivity index (χ3n) is 2.87. The predicted molar refractivity (Wildman–Crippen MR) is 66.6 cm³/mol. The van der Waals surface area contributed by atoms with Crippen LogP contribution in [0.3, 0.4) is 0 Å². The van der Waals surface area contributed by atoms with Crippen LogP contribution in [0.4, 0.5) is 10.1 Å². The van der Waals surface area contributed by atoms with Crippen LogP contribution in [0.25, 0.3) is 0 Å². The Kier molecular flexibility index (Phi) is 3.63. The molecule has 1 aliphatic rings. The van der Waals surface area contributed by atoms with Gasteiger partial charge in [-0.1, -0.05) is 18.8 Å². The Labute approximate surface area is 109 Å². The quantitative estimate of drug-likeness (QED) is 0.607. The Morgan fingerprint density at radius 2 is 2.21 bits per heavy atom. The summed E-state index contributed by atoms with van der Waals surface area (Å²) in [6.07, 6.45) is 0.102. The lowest BCUT2D eigenvalue weighted by molar-refractivity contribution is -0.122. The second-order valence-corrected chi connectivity index (χ2v) is 4.30. The van der Waals surface area contributed by atoms with Crippen LogP contribution in [0, 0.1) is 23.6 Å². The fourth-order valence-electron chi connectivity index (χ4n) is 1.94. The molecule has 1 unspecified atom stereocenters. The van der Waals surface area contributed by atoms with Gasteiger partial charge in [-0.25, -0.2) is 9.29 Å². The van der Waals surface area contributed by atoms with Crippen LogP contribution in [0.1, 0.15) is 18.9 Å². The van der Waals surface area contributed by atoms with Crippen molar-refractivity contribution in [3.8, 4) is 11.8 Å². The number of halogens is 1. The maximum absolute atomic E-state index is 13.9. The Hall–Kier alpha value is -2.19. The second-order valence-electron chi connectivity index (χ2n) is 4.30. The van der Waals surface area contributed by atoms with Crippen LogP contribution in [0.5, 0.6) is 0 Å². The average molecular weight is 261 g/mol. The molecule has 0 aromatic heterocycles. The lowest BCUT2D eigenvalue weighted by Gasteiger charge is -2.15. The maximum Gasteiger partial charge on any atom is 0.237 e. The van der Waals surface area contributed by atoms with Crippen molar-refractivity contribution >= 4 is 17.5 Å². The topological polar surface area (TPSA) is 57.6 Å². The zero-order valence-electron chi connectivity index (χ0n) is 10.3. The second kappa shape index (κ2) is 5.21. The van der Waals surface area contributed by atoms with Crippen LogP contribution in [0.2, 0.25) is 0 Å². The Balaban J connectivity index is 2.36. The number of hydrogen-bond donors (Lipinski definition) is 1. The van der Waals surface area contributed by atoms with E-state index in [4.69, 9.17) is 5.11 Å². The fourth-order valence-corrected chi connectivity index (χ4v) is 1.94. The van der Waals surface area contributed by atoms with Crippen molar-refractivity contribution in [2.45, 2.75) is 13.3 Å². The van der Waals surface area contributed by atoms with E-state index >= 15 is 0 Å². The minimum Gasteiger partial charge on any atom is -0.384 e. The normalized spacial score (nSPS) is 18.5. The molecule has 0 aliphatic carbocycles. The molecule has 1 heterocycles. The molecule has 1 saturated heterocycles. The van der Waals surface area contributed by atoms with E-state index in [1.165, 1.54) is 12.1 Å². The van der Waals surface area contributed by atoms with E-state index in [-0.39, 0.29) is 18.7 Å². The molecule has 0 spiro atoms. The first kappa shape index (κ1) is 13.2. The lowest BCUT2D eigenvalue weighted by atomic mass is 10.1. The van der Waals surface area contributed by atoms with Crippen molar-refractivity contribution in [3.63, 3.8) is 0 Å². The van der Waals surface area contributed by atoms with Gasteiger partial charge in [0.15, 0.2) is 0 Å². The standard InChI is InChI=1S/C14H12FNO3/c1-9-7-13(18)16(14(9)19)12-5-4-10(3-2-6-17)8-11(12)15/h4-5,8-9,17H,6-7H2,1H3. The van der Waals surface area contributed by atoms with Gasteiger partial charge in [-0.15, -0.1) is 0 Å². The third-order valence-corrected chi connectivity index (χ3v) is 2.87. The largest absolute Gasteiger partial charge is 0.384 e. The van der Waals surface area contributed by atoms with Crippen molar-refractivity contribution in [3.05, 3.63) is 29.6 Å². The van der Waals surface area contributed by atoms with Gasteiger partial charge >= 0.3 is 0 Å². The molecule has 1 atom stereocenters. The summed E-state index contributed by atoms with van der Waals surface area (Å²) in [5.41, 5.74) is 0.330. The molecule has 4 nitrogen and oxygen atoms in total. The maximum atomic E-state index is 13.9. The third kappa shape index (κ3) is 2.49. The van der Waals surface area contributed by atoms with Crippen LogP contribution >= 0.6 is 0 Å². The number of carbonyl (C=O) groups is 2. The van der Waals surface area contributed by atoms with Gasteiger partial charge in [0, 0.05) is 17.9 Å². The van der Waals surface area contributed by atoms with Crippen LogP contribution in [-0.4, -0.2) is 23.5 Å². The van der Waals surface area contributed by atoms with E-state index in [0.717, 1.165) is 11.0 Å².